The maximum atomic E-state index is 13.2. The Bertz CT molecular complexity index is 1040. The van der Waals surface area contributed by atoms with E-state index in [9.17, 15) is 9.90 Å². The summed E-state index contributed by atoms with van der Waals surface area (Å²) in [7, 11) is 3.73. The SMILES string of the molecule is CCCNC(=O)N1CC2(CN(CC3CCOCC3)C2)c2c(n(C)c3cc(OC)ccc23)[C@@H]1CO. The molecule has 0 bridgehead atoms. The van der Waals surface area contributed by atoms with Crippen LogP contribution < -0.4 is 10.1 Å². The van der Waals surface area contributed by atoms with Crippen LogP contribution in [0.5, 0.6) is 5.75 Å². The fourth-order valence-corrected chi connectivity index (χ4v) is 6.40. The number of likely N-dealkylation sites (tertiary alicyclic amines) is 1. The molecule has 1 aromatic heterocycles. The number of methoxy groups -OCH3 is 1. The van der Waals surface area contributed by atoms with Crippen LogP contribution in [0, 0.1) is 5.92 Å². The number of benzene rings is 1. The molecule has 0 aliphatic carbocycles. The van der Waals surface area contributed by atoms with Crippen LogP contribution in [0.4, 0.5) is 4.79 Å². The summed E-state index contributed by atoms with van der Waals surface area (Å²) in [5.74, 6) is 1.49. The van der Waals surface area contributed by atoms with E-state index in [-0.39, 0.29) is 24.1 Å². The van der Waals surface area contributed by atoms with Crippen molar-refractivity contribution in [1.29, 1.82) is 0 Å². The standard InChI is InChI=1S/C26H38N4O4/c1-4-9-27-25(32)30-17-26(15-29(16-26)13-18-7-10-34-11-8-18)23-20-6-5-19(33-3)12-21(20)28(2)24(23)22(30)14-31/h5-6,12,18,22,31H,4,7-11,13-17H2,1-3H3,(H,27,32)/t22-/m0/s1. The van der Waals surface area contributed by atoms with Crippen molar-refractivity contribution in [3.8, 4) is 5.75 Å². The van der Waals surface area contributed by atoms with E-state index in [1.54, 1.807) is 7.11 Å². The summed E-state index contributed by atoms with van der Waals surface area (Å²) in [6.45, 7) is 7.88. The van der Waals surface area contributed by atoms with Crippen molar-refractivity contribution in [3.63, 3.8) is 0 Å². The van der Waals surface area contributed by atoms with E-state index in [1.807, 2.05) is 18.0 Å². The van der Waals surface area contributed by atoms with Crippen LogP contribution in [0.25, 0.3) is 10.9 Å². The van der Waals surface area contributed by atoms with Crippen LogP contribution in [-0.2, 0) is 17.2 Å². The molecule has 2 amide bonds. The Labute approximate surface area is 201 Å². The largest absolute Gasteiger partial charge is 0.497 e. The number of amides is 2. The van der Waals surface area contributed by atoms with Crippen LogP contribution in [0.15, 0.2) is 18.2 Å². The van der Waals surface area contributed by atoms with Crippen molar-refractivity contribution < 1.29 is 19.4 Å². The van der Waals surface area contributed by atoms with Gasteiger partial charge in [-0.3, -0.25) is 0 Å². The Morgan fingerprint density at radius 3 is 2.71 bits per heavy atom. The number of fused-ring (bicyclic) bond motifs is 4. The van der Waals surface area contributed by atoms with Crippen molar-refractivity contribution in [3.05, 3.63) is 29.5 Å². The van der Waals surface area contributed by atoms with Gasteiger partial charge in [0, 0.05) is 75.5 Å². The summed E-state index contributed by atoms with van der Waals surface area (Å²) in [4.78, 5) is 17.7. The lowest BCUT2D eigenvalue weighted by Gasteiger charge is -2.57. The number of aromatic nitrogens is 1. The van der Waals surface area contributed by atoms with Crippen molar-refractivity contribution in [2.75, 3.05) is 59.7 Å². The molecule has 3 aliphatic heterocycles. The average molecular weight is 471 g/mol. The molecule has 34 heavy (non-hydrogen) atoms. The average Bonchev–Trinajstić information content (AvgIpc) is 3.14. The summed E-state index contributed by atoms with van der Waals surface area (Å²) < 4.78 is 13.2. The third kappa shape index (κ3) is 3.85. The summed E-state index contributed by atoms with van der Waals surface area (Å²) in [6.07, 6.45) is 3.13. The zero-order valence-corrected chi connectivity index (χ0v) is 20.7. The monoisotopic (exact) mass is 470 g/mol. The molecule has 1 atom stereocenters. The van der Waals surface area contributed by atoms with Crippen LogP contribution >= 0.6 is 0 Å². The second-order valence-electron chi connectivity index (χ2n) is 10.3. The maximum Gasteiger partial charge on any atom is 0.318 e. The van der Waals surface area contributed by atoms with Gasteiger partial charge in [-0.2, -0.15) is 0 Å². The molecular weight excluding hydrogens is 432 g/mol. The van der Waals surface area contributed by atoms with Gasteiger partial charge < -0.3 is 34.3 Å². The summed E-state index contributed by atoms with van der Waals surface area (Å²) in [5.41, 5.74) is 3.30. The highest BCUT2D eigenvalue weighted by atomic mass is 16.5. The molecule has 2 N–H and O–H groups in total. The Hall–Kier alpha value is -2.29. The number of hydrogen-bond donors (Lipinski definition) is 2. The Morgan fingerprint density at radius 2 is 2.03 bits per heavy atom. The maximum absolute atomic E-state index is 13.2. The van der Waals surface area contributed by atoms with Crippen LogP contribution in [0.2, 0.25) is 0 Å². The van der Waals surface area contributed by atoms with Crippen molar-refractivity contribution >= 4 is 16.9 Å². The first kappa shape index (κ1) is 23.5. The van der Waals surface area contributed by atoms with Gasteiger partial charge in [0.1, 0.15) is 5.75 Å². The number of ether oxygens (including phenoxy) is 2. The Kier molecular flexibility index (Phi) is 6.48. The van der Waals surface area contributed by atoms with Gasteiger partial charge in [0.25, 0.3) is 0 Å². The van der Waals surface area contributed by atoms with Gasteiger partial charge in [-0.1, -0.05) is 6.92 Å². The van der Waals surface area contributed by atoms with Gasteiger partial charge in [-0.25, -0.2) is 4.79 Å². The molecule has 5 rings (SSSR count). The minimum absolute atomic E-state index is 0.0864. The number of aliphatic hydroxyl groups is 1. The van der Waals surface area contributed by atoms with E-state index in [0.717, 1.165) is 69.1 Å². The highest BCUT2D eigenvalue weighted by molar-refractivity contribution is 5.89. The van der Waals surface area contributed by atoms with Crippen molar-refractivity contribution in [2.45, 2.75) is 37.6 Å². The minimum Gasteiger partial charge on any atom is -0.497 e. The molecule has 186 valence electrons. The molecule has 0 saturated carbocycles. The predicted octanol–water partition coefficient (Wildman–Crippen LogP) is 2.64. The van der Waals surface area contributed by atoms with E-state index in [2.05, 4.69) is 33.8 Å². The highest BCUT2D eigenvalue weighted by Gasteiger charge is 2.54. The molecule has 8 nitrogen and oxygen atoms in total. The molecule has 2 aromatic rings. The topological polar surface area (TPSA) is 79.2 Å². The number of urea groups is 1. The summed E-state index contributed by atoms with van der Waals surface area (Å²) >= 11 is 0. The van der Waals surface area contributed by atoms with Gasteiger partial charge in [-0.15, -0.1) is 0 Å². The van der Waals surface area contributed by atoms with Gasteiger partial charge in [0.05, 0.1) is 25.3 Å². The Morgan fingerprint density at radius 1 is 1.26 bits per heavy atom. The number of rotatable bonds is 6. The third-order valence-electron chi connectivity index (χ3n) is 8.02. The van der Waals surface area contributed by atoms with E-state index in [1.165, 1.54) is 10.9 Å². The quantitative estimate of drug-likeness (QED) is 0.679. The molecule has 4 heterocycles. The van der Waals surface area contributed by atoms with E-state index < -0.39 is 0 Å². The number of hydrogen-bond acceptors (Lipinski definition) is 5. The number of carbonyl (C=O) groups is 1. The summed E-state index contributed by atoms with van der Waals surface area (Å²) in [6, 6.07) is 5.78. The lowest BCUT2D eigenvalue weighted by molar-refractivity contribution is -0.0137. The lowest BCUT2D eigenvalue weighted by Crippen LogP contribution is -2.68. The fraction of sp³-hybridized carbons (Fsp3) is 0.654. The molecule has 3 aliphatic rings. The van der Waals surface area contributed by atoms with E-state index in [4.69, 9.17) is 9.47 Å². The molecular formula is C26H38N4O4. The predicted molar refractivity (Wildman–Crippen MR) is 131 cm³/mol. The molecule has 2 fully saturated rings. The number of nitrogens with zero attached hydrogens (tertiary/aromatic N) is 3. The van der Waals surface area contributed by atoms with Gasteiger partial charge in [0.2, 0.25) is 0 Å². The van der Waals surface area contributed by atoms with E-state index in [0.29, 0.717) is 19.0 Å². The molecule has 1 aromatic carbocycles. The first-order valence-electron chi connectivity index (χ1n) is 12.6. The van der Waals surface area contributed by atoms with Gasteiger partial charge in [-0.05, 0) is 42.9 Å². The van der Waals surface area contributed by atoms with Crippen LogP contribution in [0.3, 0.4) is 0 Å². The molecule has 0 unspecified atom stereocenters. The van der Waals surface area contributed by atoms with Crippen molar-refractivity contribution in [1.82, 2.24) is 19.7 Å². The lowest BCUT2D eigenvalue weighted by atomic mass is 9.68. The van der Waals surface area contributed by atoms with Crippen LogP contribution in [0.1, 0.15) is 43.5 Å². The number of aryl methyl sites for hydroxylation is 1. The molecule has 2 saturated heterocycles. The molecule has 8 heteroatoms. The number of aliphatic hydroxyl groups excluding tert-OH is 1. The molecule has 0 radical (unpaired) electrons. The summed E-state index contributed by atoms with van der Waals surface area (Å²) in [5, 5.41) is 14.7. The van der Waals surface area contributed by atoms with E-state index >= 15 is 0 Å². The first-order chi connectivity index (χ1) is 16.5. The minimum atomic E-state index is -0.370. The van der Waals surface area contributed by atoms with Gasteiger partial charge >= 0.3 is 6.03 Å². The molecule has 1 spiro atoms. The zero-order chi connectivity index (χ0) is 23.9. The number of nitrogens with one attached hydrogen (secondary N) is 1. The highest BCUT2D eigenvalue weighted by Crippen LogP contribution is 2.49. The van der Waals surface area contributed by atoms with Gasteiger partial charge in [0.15, 0.2) is 0 Å². The fourth-order valence-electron chi connectivity index (χ4n) is 6.40. The third-order valence-corrected chi connectivity index (χ3v) is 8.02. The normalized spacial score (nSPS) is 22.6. The first-order valence-corrected chi connectivity index (χ1v) is 12.6. The second-order valence-corrected chi connectivity index (χ2v) is 10.3. The Balaban J connectivity index is 1.53. The van der Waals surface area contributed by atoms with Crippen LogP contribution in [-0.4, -0.2) is 85.2 Å². The smallest absolute Gasteiger partial charge is 0.318 e. The number of carbonyl (C=O) groups excluding carboxylic acids is 1. The van der Waals surface area contributed by atoms with Crippen molar-refractivity contribution in [2.24, 2.45) is 13.0 Å². The zero-order valence-electron chi connectivity index (χ0n) is 20.7. The second kappa shape index (κ2) is 9.40.